The van der Waals surface area contributed by atoms with Gasteiger partial charge in [0.1, 0.15) is 0 Å². The zero-order chi connectivity index (χ0) is 10.4. The maximum absolute atomic E-state index is 11.3. The number of imide groups is 1. The summed E-state index contributed by atoms with van der Waals surface area (Å²) in [6, 6.07) is 0.0558. The van der Waals surface area contributed by atoms with Gasteiger partial charge in [0.05, 0.1) is 6.61 Å². The van der Waals surface area contributed by atoms with Gasteiger partial charge in [0, 0.05) is 6.04 Å². The van der Waals surface area contributed by atoms with E-state index in [0.29, 0.717) is 13.0 Å². The fraction of sp³-hybridized carbons (Fsp3) is 0.800. The molecular formula is C10H17NO3. The lowest BCUT2D eigenvalue weighted by Crippen LogP contribution is -2.40. The van der Waals surface area contributed by atoms with Crippen molar-refractivity contribution >= 4 is 12.5 Å². The van der Waals surface area contributed by atoms with Crippen LogP contribution in [0, 0.1) is 0 Å². The van der Waals surface area contributed by atoms with Crippen LogP contribution < -0.4 is 0 Å². The van der Waals surface area contributed by atoms with Crippen LogP contribution in [0.1, 0.15) is 39.0 Å². The number of ether oxygens (including phenoxy) is 1. The average molecular weight is 199 g/mol. The number of nitrogens with zero attached hydrogens (tertiary/aromatic N) is 1. The molecule has 1 aliphatic rings. The highest BCUT2D eigenvalue weighted by atomic mass is 16.6. The van der Waals surface area contributed by atoms with E-state index in [4.69, 9.17) is 4.74 Å². The summed E-state index contributed by atoms with van der Waals surface area (Å²) in [5, 5.41) is 0. The Morgan fingerprint density at radius 3 is 2.57 bits per heavy atom. The molecule has 1 fully saturated rings. The molecule has 0 saturated heterocycles. The van der Waals surface area contributed by atoms with Crippen LogP contribution in [0.3, 0.4) is 0 Å². The van der Waals surface area contributed by atoms with Crippen molar-refractivity contribution in [3.8, 4) is 0 Å². The Morgan fingerprint density at radius 2 is 2.07 bits per heavy atom. The molecule has 1 rings (SSSR count). The van der Waals surface area contributed by atoms with E-state index in [9.17, 15) is 9.59 Å². The Morgan fingerprint density at radius 1 is 1.43 bits per heavy atom. The molecule has 0 aromatic rings. The minimum Gasteiger partial charge on any atom is -0.449 e. The van der Waals surface area contributed by atoms with Crippen molar-refractivity contribution in [2.75, 3.05) is 6.61 Å². The van der Waals surface area contributed by atoms with Gasteiger partial charge in [-0.3, -0.25) is 4.79 Å². The summed E-state index contributed by atoms with van der Waals surface area (Å²) in [7, 11) is 0. The Hall–Kier alpha value is -1.06. The lowest BCUT2D eigenvalue weighted by molar-refractivity contribution is -0.119. The largest absolute Gasteiger partial charge is 0.449 e. The smallest absolute Gasteiger partial charge is 0.416 e. The van der Waals surface area contributed by atoms with Gasteiger partial charge < -0.3 is 4.74 Å². The molecule has 0 bridgehead atoms. The summed E-state index contributed by atoms with van der Waals surface area (Å²) < 4.78 is 4.80. The van der Waals surface area contributed by atoms with Crippen molar-refractivity contribution in [1.29, 1.82) is 0 Å². The van der Waals surface area contributed by atoms with Gasteiger partial charge in [-0.1, -0.05) is 19.3 Å². The summed E-state index contributed by atoms with van der Waals surface area (Å²) in [6.45, 7) is 2.05. The van der Waals surface area contributed by atoms with Crippen LogP contribution in [-0.4, -0.2) is 30.1 Å². The Labute approximate surface area is 84.2 Å². The first-order valence-corrected chi connectivity index (χ1v) is 5.20. The van der Waals surface area contributed by atoms with Gasteiger partial charge in [0.2, 0.25) is 6.41 Å². The van der Waals surface area contributed by atoms with Crippen LogP contribution in [0.15, 0.2) is 0 Å². The predicted molar refractivity (Wildman–Crippen MR) is 51.8 cm³/mol. The molecule has 0 spiro atoms. The third-order valence-corrected chi connectivity index (χ3v) is 2.56. The van der Waals surface area contributed by atoms with Crippen molar-refractivity contribution in [1.82, 2.24) is 4.90 Å². The fourth-order valence-electron chi connectivity index (χ4n) is 1.84. The molecule has 0 radical (unpaired) electrons. The summed E-state index contributed by atoms with van der Waals surface area (Å²) in [5.41, 5.74) is 0. The second-order valence-electron chi connectivity index (χ2n) is 3.50. The first-order valence-electron chi connectivity index (χ1n) is 5.20. The number of hydrogen-bond acceptors (Lipinski definition) is 3. The Bertz CT molecular complexity index is 200. The zero-order valence-corrected chi connectivity index (χ0v) is 8.57. The van der Waals surface area contributed by atoms with E-state index in [2.05, 4.69) is 0 Å². The van der Waals surface area contributed by atoms with Gasteiger partial charge in [-0.05, 0) is 19.8 Å². The lowest BCUT2D eigenvalue weighted by Gasteiger charge is -2.28. The summed E-state index contributed by atoms with van der Waals surface area (Å²) in [5.74, 6) is 0. The molecule has 0 heterocycles. The first kappa shape index (κ1) is 11.0. The normalized spacial score (nSPS) is 17.5. The highest BCUT2D eigenvalue weighted by Gasteiger charge is 2.25. The third kappa shape index (κ3) is 2.72. The quantitative estimate of drug-likeness (QED) is 0.652. The van der Waals surface area contributed by atoms with E-state index in [0.717, 1.165) is 25.7 Å². The molecule has 1 aliphatic carbocycles. The Balaban J connectivity index is 2.50. The van der Waals surface area contributed by atoms with E-state index in [1.807, 2.05) is 0 Å². The second kappa shape index (κ2) is 5.62. The van der Waals surface area contributed by atoms with Crippen molar-refractivity contribution in [3.63, 3.8) is 0 Å². The van der Waals surface area contributed by atoms with E-state index < -0.39 is 6.09 Å². The van der Waals surface area contributed by atoms with Gasteiger partial charge >= 0.3 is 6.09 Å². The summed E-state index contributed by atoms with van der Waals surface area (Å²) in [6.07, 6.45) is 5.30. The molecule has 0 aliphatic heterocycles. The lowest BCUT2D eigenvalue weighted by atomic mass is 9.95. The molecule has 14 heavy (non-hydrogen) atoms. The highest BCUT2D eigenvalue weighted by molar-refractivity contribution is 5.80. The minimum atomic E-state index is -0.505. The van der Waals surface area contributed by atoms with Crippen LogP contribution in [-0.2, 0) is 9.53 Å². The van der Waals surface area contributed by atoms with Crippen molar-refractivity contribution in [2.45, 2.75) is 45.1 Å². The van der Waals surface area contributed by atoms with Crippen LogP contribution >= 0.6 is 0 Å². The average Bonchev–Trinajstić information content (AvgIpc) is 2.21. The molecular weight excluding hydrogens is 182 g/mol. The van der Waals surface area contributed by atoms with Crippen LogP contribution in [0.2, 0.25) is 0 Å². The molecule has 0 unspecified atom stereocenters. The van der Waals surface area contributed by atoms with E-state index in [1.165, 1.54) is 11.3 Å². The van der Waals surface area contributed by atoms with Crippen molar-refractivity contribution < 1.29 is 14.3 Å². The van der Waals surface area contributed by atoms with Gasteiger partial charge in [-0.25, -0.2) is 9.69 Å². The van der Waals surface area contributed by atoms with Gasteiger partial charge in [0.25, 0.3) is 0 Å². The molecule has 4 heteroatoms. The molecule has 2 amide bonds. The number of carbonyl (C=O) groups excluding carboxylic acids is 2. The van der Waals surface area contributed by atoms with Gasteiger partial charge in [-0.15, -0.1) is 0 Å². The van der Waals surface area contributed by atoms with Crippen LogP contribution in [0.5, 0.6) is 0 Å². The Kier molecular flexibility index (Phi) is 4.43. The molecule has 80 valence electrons. The SMILES string of the molecule is CCOC(=O)N(C=O)C1CCCCC1. The van der Waals surface area contributed by atoms with Crippen LogP contribution in [0.25, 0.3) is 0 Å². The van der Waals surface area contributed by atoms with Crippen molar-refractivity contribution in [2.24, 2.45) is 0 Å². The van der Waals surface area contributed by atoms with Crippen LogP contribution in [0.4, 0.5) is 4.79 Å². The molecule has 1 saturated carbocycles. The molecule has 0 N–H and O–H groups in total. The minimum absolute atomic E-state index is 0.0558. The van der Waals surface area contributed by atoms with E-state index >= 15 is 0 Å². The number of rotatable bonds is 3. The topological polar surface area (TPSA) is 46.6 Å². The second-order valence-corrected chi connectivity index (χ2v) is 3.50. The molecule has 0 aromatic heterocycles. The summed E-state index contributed by atoms with van der Waals surface area (Å²) in [4.78, 5) is 23.3. The first-order chi connectivity index (χ1) is 6.79. The van der Waals surface area contributed by atoms with E-state index in [-0.39, 0.29) is 6.04 Å². The van der Waals surface area contributed by atoms with Crippen molar-refractivity contribution in [3.05, 3.63) is 0 Å². The maximum atomic E-state index is 11.3. The third-order valence-electron chi connectivity index (χ3n) is 2.56. The van der Waals surface area contributed by atoms with Gasteiger partial charge in [-0.2, -0.15) is 0 Å². The fourth-order valence-corrected chi connectivity index (χ4v) is 1.84. The highest BCUT2D eigenvalue weighted by Crippen LogP contribution is 2.22. The van der Waals surface area contributed by atoms with Gasteiger partial charge in [0.15, 0.2) is 0 Å². The summed E-state index contributed by atoms with van der Waals surface area (Å²) >= 11 is 0. The monoisotopic (exact) mass is 199 g/mol. The number of hydrogen-bond donors (Lipinski definition) is 0. The zero-order valence-electron chi connectivity index (χ0n) is 8.57. The molecule has 0 aromatic carbocycles. The molecule has 4 nitrogen and oxygen atoms in total. The van der Waals surface area contributed by atoms with E-state index in [1.54, 1.807) is 6.92 Å². The predicted octanol–water partition coefficient (Wildman–Crippen LogP) is 1.93. The number of carbonyl (C=O) groups is 2. The maximum Gasteiger partial charge on any atom is 0.416 e. The molecule has 0 atom stereocenters. The standard InChI is InChI=1S/C10H17NO3/c1-2-14-10(13)11(8-12)9-6-4-3-5-7-9/h8-9H,2-7H2,1H3. The number of amides is 2.